The predicted octanol–water partition coefficient (Wildman–Crippen LogP) is 5.23. The van der Waals surface area contributed by atoms with Crippen molar-refractivity contribution >= 4 is 0 Å². The highest BCUT2D eigenvalue weighted by atomic mass is 16.5. The lowest BCUT2D eigenvalue weighted by Gasteiger charge is -2.37. The summed E-state index contributed by atoms with van der Waals surface area (Å²) in [5.41, 5.74) is 4.45. The number of hydrogen-bond donors (Lipinski definition) is 2. The highest BCUT2D eigenvalue weighted by molar-refractivity contribution is 5.55. The van der Waals surface area contributed by atoms with Gasteiger partial charge in [0, 0.05) is 17.4 Å². The van der Waals surface area contributed by atoms with Gasteiger partial charge in [0.15, 0.2) is 0 Å². The van der Waals surface area contributed by atoms with Gasteiger partial charge in [0.1, 0.15) is 23.0 Å². The molecule has 1 aliphatic heterocycles. The lowest BCUT2D eigenvalue weighted by molar-refractivity contribution is 0.275. The van der Waals surface area contributed by atoms with Crippen LogP contribution in [0.3, 0.4) is 0 Å². The Morgan fingerprint density at radius 1 is 1.08 bits per heavy atom. The van der Waals surface area contributed by atoms with E-state index in [1.807, 2.05) is 24.3 Å². The third-order valence-corrected chi connectivity index (χ3v) is 5.55. The van der Waals surface area contributed by atoms with E-state index in [4.69, 9.17) is 4.74 Å². The summed E-state index contributed by atoms with van der Waals surface area (Å²) in [4.78, 5) is 0. The highest BCUT2D eigenvalue weighted by Crippen LogP contribution is 2.51. The molecule has 3 heteroatoms. The molecule has 1 aliphatic carbocycles. The van der Waals surface area contributed by atoms with Gasteiger partial charge in [0.05, 0.1) is 0 Å². The Labute approximate surface area is 154 Å². The molecule has 0 bridgehead atoms. The van der Waals surface area contributed by atoms with Crippen LogP contribution in [0.5, 0.6) is 17.2 Å². The third-order valence-electron chi connectivity index (χ3n) is 5.55. The van der Waals surface area contributed by atoms with Crippen LogP contribution >= 0.6 is 0 Å². The molecular weight excluding hydrogens is 324 g/mol. The second kappa shape index (κ2) is 6.56. The lowest BCUT2D eigenvalue weighted by Crippen LogP contribution is -2.25. The second-order valence-electron chi connectivity index (χ2n) is 7.45. The van der Waals surface area contributed by atoms with Gasteiger partial charge in [-0.2, -0.15) is 0 Å². The number of rotatable bonds is 3. The zero-order valence-corrected chi connectivity index (χ0v) is 15.0. The third kappa shape index (κ3) is 3.10. The van der Waals surface area contributed by atoms with Crippen LogP contribution < -0.4 is 4.74 Å². The first-order valence-corrected chi connectivity index (χ1v) is 9.19. The van der Waals surface area contributed by atoms with E-state index in [1.165, 1.54) is 5.57 Å². The summed E-state index contributed by atoms with van der Waals surface area (Å²) in [6.07, 6.45) is 5.98. The van der Waals surface area contributed by atoms with Crippen molar-refractivity contribution in [3.8, 4) is 17.2 Å². The van der Waals surface area contributed by atoms with Crippen molar-refractivity contribution in [3.63, 3.8) is 0 Å². The van der Waals surface area contributed by atoms with Crippen LogP contribution in [0.25, 0.3) is 0 Å². The van der Waals surface area contributed by atoms with E-state index in [0.717, 1.165) is 53.9 Å². The van der Waals surface area contributed by atoms with Gasteiger partial charge in [0.25, 0.3) is 0 Å². The molecule has 2 N–H and O–H groups in total. The van der Waals surface area contributed by atoms with Crippen molar-refractivity contribution in [2.75, 3.05) is 0 Å². The SMILES string of the molecule is C=C1Oc2cc(CCc3ccc(O)cc3)cc(O)c2[C@H]2C=C(C)CC[C@H]12. The molecule has 0 saturated heterocycles. The van der Waals surface area contributed by atoms with Crippen molar-refractivity contribution in [2.24, 2.45) is 5.92 Å². The maximum atomic E-state index is 10.7. The van der Waals surface area contributed by atoms with E-state index >= 15 is 0 Å². The fraction of sp³-hybridized carbons (Fsp3) is 0.304. The molecule has 2 atom stereocenters. The number of allylic oxidation sites excluding steroid dienone is 3. The Balaban J connectivity index is 1.62. The van der Waals surface area contributed by atoms with Crippen LogP contribution in [0.15, 0.2) is 60.4 Å². The van der Waals surface area contributed by atoms with Crippen LogP contribution in [0.1, 0.15) is 42.4 Å². The highest BCUT2D eigenvalue weighted by Gasteiger charge is 2.36. The first kappa shape index (κ1) is 16.8. The topological polar surface area (TPSA) is 49.7 Å². The largest absolute Gasteiger partial charge is 0.508 e. The number of benzene rings is 2. The molecule has 3 nitrogen and oxygen atoms in total. The van der Waals surface area contributed by atoms with Gasteiger partial charge in [-0.25, -0.2) is 0 Å². The molecule has 4 rings (SSSR count). The lowest BCUT2D eigenvalue weighted by atomic mass is 9.74. The van der Waals surface area contributed by atoms with E-state index in [-0.39, 0.29) is 17.6 Å². The molecule has 2 aliphatic rings. The molecule has 0 radical (unpaired) electrons. The monoisotopic (exact) mass is 348 g/mol. The first-order chi connectivity index (χ1) is 12.5. The molecule has 0 saturated carbocycles. The average Bonchev–Trinajstić information content (AvgIpc) is 2.60. The van der Waals surface area contributed by atoms with Gasteiger partial charge < -0.3 is 14.9 Å². The molecule has 134 valence electrons. The second-order valence-corrected chi connectivity index (χ2v) is 7.45. The molecule has 0 spiro atoms. The Morgan fingerprint density at radius 2 is 1.81 bits per heavy atom. The summed E-state index contributed by atoms with van der Waals surface area (Å²) in [6.45, 7) is 6.28. The van der Waals surface area contributed by atoms with Gasteiger partial charge in [-0.1, -0.05) is 30.4 Å². The summed E-state index contributed by atoms with van der Waals surface area (Å²) in [5, 5.41) is 20.1. The smallest absolute Gasteiger partial charge is 0.134 e. The number of hydrogen-bond acceptors (Lipinski definition) is 3. The minimum atomic E-state index is 0.158. The first-order valence-electron chi connectivity index (χ1n) is 9.19. The van der Waals surface area contributed by atoms with E-state index in [1.54, 1.807) is 12.1 Å². The summed E-state index contributed by atoms with van der Waals surface area (Å²) in [5.74, 6) is 2.55. The van der Waals surface area contributed by atoms with Gasteiger partial charge in [-0.3, -0.25) is 0 Å². The van der Waals surface area contributed by atoms with Crippen LogP contribution in [0.2, 0.25) is 0 Å². The maximum Gasteiger partial charge on any atom is 0.134 e. The molecule has 0 amide bonds. The molecule has 26 heavy (non-hydrogen) atoms. The zero-order valence-electron chi connectivity index (χ0n) is 15.0. The number of aryl methyl sites for hydroxylation is 2. The van der Waals surface area contributed by atoms with E-state index in [0.29, 0.717) is 5.75 Å². The molecule has 2 aromatic carbocycles. The van der Waals surface area contributed by atoms with Crippen molar-refractivity contribution in [1.82, 2.24) is 0 Å². The quantitative estimate of drug-likeness (QED) is 0.747. The van der Waals surface area contributed by atoms with E-state index < -0.39 is 0 Å². The van der Waals surface area contributed by atoms with Crippen molar-refractivity contribution in [2.45, 2.75) is 38.5 Å². The van der Waals surface area contributed by atoms with Crippen molar-refractivity contribution in [1.29, 1.82) is 0 Å². The van der Waals surface area contributed by atoms with Gasteiger partial charge in [0.2, 0.25) is 0 Å². The molecule has 0 fully saturated rings. The Kier molecular flexibility index (Phi) is 4.23. The van der Waals surface area contributed by atoms with Crippen LogP contribution in [-0.4, -0.2) is 10.2 Å². The Bertz CT molecular complexity index is 877. The summed E-state index contributed by atoms with van der Waals surface area (Å²) in [6, 6.07) is 11.1. The summed E-state index contributed by atoms with van der Waals surface area (Å²) in [7, 11) is 0. The number of phenols is 2. The van der Waals surface area contributed by atoms with Crippen molar-refractivity contribution in [3.05, 3.63) is 77.1 Å². The van der Waals surface area contributed by atoms with Gasteiger partial charge in [-0.05, 0) is 68.0 Å². The van der Waals surface area contributed by atoms with E-state index in [9.17, 15) is 10.2 Å². The van der Waals surface area contributed by atoms with Crippen LogP contribution in [0, 0.1) is 5.92 Å². The molecule has 1 heterocycles. The standard InChI is InChI=1S/C23H24O3/c1-14-3-10-19-15(2)26-22-13-17(12-21(25)23(22)20(19)11-14)5-4-16-6-8-18(24)9-7-16/h6-9,11-13,19-20,24-25H,2-5,10H2,1H3/t19-,20+/m1/s1. The van der Waals surface area contributed by atoms with Crippen LogP contribution in [-0.2, 0) is 12.8 Å². The minimum absolute atomic E-state index is 0.158. The molecule has 0 unspecified atom stereocenters. The number of phenolic OH excluding ortho intramolecular Hbond substituents is 2. The molecule has 2 aromatic rings. The predicted molar refractivity (Wildman–Crippen MR) is 103 cm³/mol. The Morgan fingerprint density at radius 3 is 2.58 bits per heavy atom. The fourth-order valence-corrected chi connectivity index (χ4v) is 4.11. The van der Waals surface area contributed by atoms with Gasteiger partial charge >= 0.3 is 0 Å². The summed E-state index contributed by atoms with van der Waals surface area (Å²) < 4.78 is 6.01. The van der Waals surface area contributed by atoms with E-state index in [2.05, 4.69) is 19.6 Å². The Hall–Kier alpha value is -2.68. The number of aromatic hydroxyl groups is 2. The molecular formula is C23H24O3. The maximum absolute atomic E-state index is 10.7. The number of fused-ring (bicyclic) bond motifs is 3. The number of ether oxygens (including phenoxy) is 1. The fourth-order valence-electron chi connectivity index (χ4n) is 4.11. The zero-order chi connectivity index (χ0) is 18.3. The van der Waals surface area contributed by atoms with Crippen molar-refractivity contribution < 1.29 is 14.9 Å². The molecule has 0 aromatic heterocycles. The van der Waals surface area contributed by atoms with Crippen LogP contribution in [0.4, 0.5) is 0 Å². The summed E-state index contributed by atoms with van der Waals surface area (Å²) >= 11 is 0. The normalized spacial score (nSPS) is 21.4. The van der Waals surface area contributed by atoms with Gasteiger partial charge in [-0.15, -0.1) is 0 Å². The minimum Gasteiger partial charge on any atom is -0.508 e. The average molecular weight is 348 g/mol.